The molecule has 0 amide bonds. The maximum Gasteiger partial charge on any atom is 0.0778 e. The van der Waals surface area contributed by atoms with Gasteiger partial charge in [0.1, 0.15) is 0 Å². The van der Waals surface area contributed by atoms with Crippen molar-refractivity contribution in [3.8, 4) is 0 Å². The lowest BCUT2D eigenvalue weighted by Crippen LogP contribution is -1.68. The van der Waals surface area contributed by atoms with Gasteiger partial charge in [0.05, 0.1) is 15.1 Å². The average molecular weight is 308 g/mol. The normalized spacial score (nSPS) is 9.84. The molecule has 0 nitrogen and oxygen atoms in total. The molecule has 0 bridgehead atoms. The van der Waals surface area contributed by atoms with E-state index >= 15 is 0 Å². The molecule has 0 aliphatic carbocycles. The van der Waals surface area contributed by atoms with Crippen molar-refractivity contribution in [2.45, 2.75) is 0 Å². The average Bonchev–Trinajstić information content (AvgIpc) is 2.45. The molecule has 0 saturated carbocycles. The molecule has 0 aromatic heterocycles. The summed E-state index contributed by atoms with van der Waals surface area (Å²) < 4.78 is 0. The van der Waals surface area contributed by atoms with Crippen LogP contribution in [0.1, 0.15) is 0 Å². The van der Waals surface area contributed by atoms with Crippen LogP contribution in [0.5, 0.6) is 0 Å². The fourth-order valence-corrected chi connectivity index (χ4v) is 1.99. The lowest BCUT2D eigenvalue weighted by molar-refractivity contribution is 1.69. The molecule has 3 aromatic carbocycles. The smallest absolute Gasteiger partial charge is 0.0778 e. The molecular weight excluding hydrogens is 299 g/mol. The Labute approximate surface area is 127 Å². The minimum atomic E-state index is 0.386. The number of fused-ring (bicyclic) bond motifs is 1. The SMILES string of the molecule is Clc1c[c]cc(Cl)c1Cl.[c]1ccc2ccccc2c1. The summed E-state index contributed by atoms with van der Waals surface area (Å²) in [6.07, 6.45) is 0. The van der Waals surface area contributed by atoms with E-state index in [1.54, 1.807) is 12.1 Å². The summed E-state index contributed by atoms with van der Waals surface area (Å²) in [6, 6.07) is 23.2. The summed E-state index contributed by atoms with van der Waals surface area (Å²) in [5.41, 5.74) is 0. The lowest BCUT2D eigenvalue weighted by Gasteiger charge is -1.93. The fourth-order valence-electron chi connectivity index (χ4n) is 1.50. The Hall–Kier alpha value is -1.21. The highest BCUT2D eigenvalue weighted by molar-refractivity contribution is 6.47. The summed E-state index contributed by atoms with van der Waals surface area (Å²) in [7, 11) is 0. The van der Waals surface area contributed by atoms with E-state index in [1.807, 2.05) is 24.3 Å². The maximum absolute atomic E-state index is 5.59. The van der Waals surface area contributed by atoms with Crippen molar-refractivity contribution in [1.29, 1.82) is 0 Å². The van der Waals surface area contributed by atoms with Crippen LogP contribution in [-0.2, 0) is 0 Å². The van der Waals surface area contributed by atoms with Gasteiger partial charge >= 0.3 is 0 Å². The maximum atomic E-state index is 5.59. The second kappa shape index (κ2) is 6.81. The van der Waals surface area contributed by atoms with Gasteiger partial charge in [0.2, 0.25) is 0 Å². The Bertz CT molecular complexity index is 592. The van der Waals surface area contributed by atoms with E-state index in [1.165, 1.54) is 10.8 Å². The van der Waals surface area contributed by atoms with Crippen molar-refractivity contribution in [3.05, 3.63) is 81.8 Å². The Balaban J connectivity index is 0.000000141. The van der Waals surface area contributed by atoms with Crippen LogP contribution in [0.2, 0.25) is 15.1 Å². The van der Waals surface area contributed by atoms with Gasteiger partial charge in [-0.25, -0.2) is 0 Å². The van der Waals surface area contributed by atoms with Crippen molar-refractivity contribution < 1.29 is 0 Å². The van der Waals surface area contributed by atoms with E-state index in [2.05, 4.69) is 30.3 Å². The number of rotatable bonds is 0. The van der Waals surface area contributed by atoms with Crippen LogP contribution in [0.3, 0.4) is 0 Å². The molecule has 0 fully saturated rings. The van der Waals surface area contributed by atoms with Crippen LogP contribution >= 0.6 is 34.8 Å². The minimum absolute atomic E-state index is 0.386. The summed E-state index contributed by atoms with van der Waals surface area (Å²) in [5, 5.41) is 3.79. The number of halogens is 3. The Morgan fingerprint density at radius 3 is 1.89 bits per heavy atom. The summed E-state index contributed by atoms with van der Waals surface area (Å²) in [5.74, 6) is 0. The first kappa shape index (κ1) is 14.2. The number of hydrogen-bond donors (Lipinski definition) is 0. The third kappa shape index (κ3) is 3.87. The third-order valence-corrected chi connectivity index (χ3v) is 3.63. The molecular formula is C16H9Cl3. The Morgan fingerprint density at radius 1 is 0.684 bits per heavy atom. The van der Waals surface area contributed by atoms with E-state index < -0.39 is 0 Å². The standard InChI is InChI=1S/C10H7.C6H2Cl3/c1-2-6-10-8-4-3-7-9(10)5-1;7-4-2-1-3-5(8)6(4)9/h1-3,5-8H;2-3H. The summed E-state index contributed by atoms with van der Waals surface area (Å²) in [4.78, 5) is 0. The van der Waals surface area contributed by atoms with Gasteiger partial charge in [-0.15, -0.1) is 0 Å². The topological polar surface area (TPSA) is 0 Å². The van der Waals surface area contributed by atoms with E-state index in [-0.39, 0.29) is 0 Å². The van der Waals surface area contributed by atoms with Crippen LogP contribution in [-0.4, -0.2) is 0 Å². The molecule has 0 unspecified atom stereocenters. The molecule has 19 heavy (non-hydrogen) atoms. The lowest BCUT2D eigenvalue weighted by atomic mass is 10.1. The molecule has 3 heteroatoms. The molecule has 3 aromatic rings. The van der Waals surface area contributed by atoms with Gasteiger partial charge in [-0.05, 0) is 41.1 Å². The molecule has 0 saturated heterocycles. The van der Waals surface area contributed by atoms with Crippen molar-refractivity contribution in [2.75, 3.05) is 0 Å². The highest BCUT2D eigenvalue weighted by atomic mass is 35.5. The van der Waals surface area contributed by atoms with Gasteiger partial charge in [-0.1, -0.05) is 71.2 Å². The highest BCUT2D eigenvalue weighted by Crippen LogP contribution is 2.28. The first-order valence-corrected chi connectivity index (χ1v) is 6.67. The summed E-state index contributed by atoms with van der Waals surface area (Å²) in [6.45, 7) is 0. The van der Waals surface area contributed by atoms with Crippen LogP contribution in [0.15, 0.2) is 54.6 Å². The van der Waals surface area contributed by atoms with Crippen molar-refractivity contribution in [3.63, 3.8) is 0 Å². The van der Waals surface area contributed by atoms with E-state index in [0.717, 1.165) is 0 Å². The van der Waals surface area contributed by atoms with Crippen molar-refractivity contribution in [2.24, 2.45) is 0 Å². The molecule has 0 spiro atoms. The first-order valence-electron chi connectivity index (χ1n) is 5.54. The quantitative estimate of drug-likeness (QED) is 0.441. The largest absolute Gasteiger partial charge is 0.0826 e. The molecule has 3 rings (SSSR count). The third-order valence-electron chi connectivity index (χ3n) is 2.43. The van der Waals surface area contributed by atoms with Crippen LogP contribution in [0, 0.1) is 12.1 Å². The Kier molecular flexibility index (Phi) is 5.09. The minimum Gasteiger partial charge on any atom is -0.0826 e. The molecule has 0 heterocycles. The molecule has 94 valence electrons. The van der Waals surface area contributed by atoms with E-state index in [4.69, 9.17) is 34.8 Å². The molecule has 2 radical (unpaired) electrons. The van der Waals surface area contributed by atoms with Crippen LogP contribution in [0.25, 0.3) is 10.8 Å². The predicted octanol–water partition coefficient (Wildman–Crippen LogP) is 6.09. The van der Waals surface area contributed by atoms with E-state index in [0.29, 0.717) is 15.1 Å². The Morgan fingerprint density at radius 2 is 1.32 bits per heavy atom. The fraction of sp³-hybridized carbons (Fsp3) is 0. The molecule has 0 atom stereocenters. The van der Waals surface area contributed by atoms with Gasteiger partial charge in [-0.3, -0.25) is 0 Å². The second-order valence-corrected chi connectivity index (χ2v) is 4.93. The zero-order valence-electron chi connectivity index (χ0n) is 9.83. The van der Waals surface area contributed by atoms with Crippen molar-refractivity contribution >= 4 is 45.6 Å². The summed E-state index contributed by atoms with van der Waals surface area (Å²) >= 11 is 16.7. The van der Waals surface area contributed by atoms with E-state index in [9.17, 15) is 0 Å². The second-order valence-electron chi connectivity index (χ2n) is 3.74. The highest BCUT2D eigenvalue weighted by Gasteiger charge is 1.99. The van der Waals surface area contributed by atoms with Crippen LogP contribution < -0.4 is 0 Å². The van der Waals surface area contributed by atoms with Gasteiger partial charge in [0.15, 0.2) is 0 Å². The molecule has 0 N–H and O–H groups in total. The number of benzene rings is 3. The van der Waals surface area contributed by atoms with Gasteiger partial charge < -0.3 is 0 Å². The first-order chi connectivity index (χ1) is 9.18. The van der Waals surface area contributed by atoms with Gasteiger partial charge in [0, 0.05) is 0 Å². The molecule has 0 aliphatic heterocycles. The number of hydrogen-bond acceptors (Lipinski definition) is 0. The van der Waals surface area contributed by atoms with Crippen LogP contribution in [0.4, 0.5) is 0 Å². The monoisotopic (exact) mass is 306 g/mol. The van der Waals surface area contributed by atoms with Gasteiger partial charge in [0.25, 0.3) is 0 Å². The zero-order valence-corrected chi connectivity index (χ0v) is 12.1. The molecule has 0 aliphatic rings. The predicted molar refractivity (Wildman–Crippen MR) is 83.1 cm³/mol. The van der Waals surface area contributed by atoms with Gasteiger partial charge in [-0.2, -0.15) is 0 Å². The van der Waals surface area contributed by atoms with Crippen molar-refractivity contribution in [1.82, 2.24) is 0 Å². The zero-order chi connectivity index (χ0) is 13.7.